The van der Waals surface area contributed by atoms with Crippen molar-refractivity contribution in [3.63, 3.8) is 0 Å². The zero-order chi connectivity index (χ0) is 11.1. The quantitative estimate of drug-likeness (QED) is 0.768. The highest BCUT2D eigenvalue weighted by Gasteiger charge is 2.39. The number of nitrogens with two attached hydrogens (primary N) is 1. The van der Waals surface area contributed by atoms with Crippen molar-refractivity contribution < 1.29 is 4.52 Å². The summed E-state index contributed by atoms with van der Waals surface area (Å²) < 4.78 is 5.00. The van der Waals surface area contributed by atoms with Crippen molar-refractivity contribution in [1.82, 2.24) is 10.1 Å². The smallest absolute Gasteiger partial charge is 0.223 e. The van der Waals surface area contributed by atoms with Crippen molar-refractivity contribution >= 4 is 0 Å². The minimum atomic E-state index is -0.371. The van der Waals surface area contributed by atoms with E-state index in [-0.39, 0.29) is 5.54 Å². The van der Waals surface area contributed by atoms with Crippen LogP contribution in [-0.4, -0.2) is 10.1 Å². The van der Waals surface area contributed by atoms with Crippen LogP contribution in [0.2, 0.25) is 0 Å². The molecular weight excluding hydrogens is 190 g/mol. The van der Waals surface area contributed by atoms with Gasteiger partial charge in [-0.15, -0.1) is 0 Å². The Morgan fingerprint density at radius 2 is 2.13 bits per heavy atom. The van der Waals surface area contributed by atoms with Crippen LogP contribution in [0.4, 0.5) is 0 Å². The number of hydrogen-bond acceptors (Lipinski definition) is 4. The maximum atomic E-state index is 6.36. The first-order chi connectivity index (χ1) is 7.01. The lowest BCUT2D eigenvalue weighted by molar-refractivity contribution is 0.166. The molecule has 15 heavy (non-hydrogen) atoms. The van der Waals surface area contributed by atoms with E-state index >= 15 is 0 Å². The van der Waals surface area contributed by atoms with Crippen LogP contribution in [0.3, 0.4) is 0 Å². The monoisotopic (exact) mass is 209 g/mol. The first kappa shape index (κ1) is 10.6. The van der Waals surface area contributed by atoms with Crippen LogP contribution in [0.5, 0.6) is 0 Å². The van der Waals surface area contributed by atoms with E-state index in [2.05, 4.69) is 24.0 Å². The third-order valence-corrected chi connectivity index (χ3v) is 3.68. The summed E-state index contributed by atoms with van der Waals surface area (Å²) in [5.41, 5.74) is 5.99. The summed E-state index contributed by atoms with van der Waals surface area (Å²) in [7, 11) is 0. The first-order valence-corrected chi connectivity index (χ1v) is 5.61. The van der Waals surface area contributed by atoms with Crippen molar-refractivity contribution in [2.45, 2.75) is 45.6 Å². The molecule has 1 heterocycles. The second kappa shape index (κ2) is 3.59. The van der Waals surface area contributed by atoms with E-state index in [4.69, 9.17) is 10.3 Å². The maximum absolute atomic E-state index is 6.36. The molecular formula is C11H19N3O. The summed E-state index contributed by atoms with van der Waals surface area (Å²) in [6.45, 7) is 6.33. The minimum absolute atomic E-state index is 0.371. The lowest BCUT2D eigenvalue weighted by Gasteiger charge is -2.37. The van der Waals surface area contributed by atoms with Crippen LogP contribution in [-0.2, 0) is 5.54 Å². The zero-order valence-electron chi connectivity index (χ0n) is 9.66. The molecule has 4 heteroatoms. The van der Waals surface area contributed by atoms with Gasteiger partial charge >= 0.3 is 0 Å². The lowest BCUT2D eigenvalue weighted by atomic mass is 9.71. The molecule has 1 aromatic rings. The Kier molecular flexibility index (Phi) is 2.54. The molecule has 1 aliphatic carbocycles. The molecule has 2 N–H and O–H groups in total. The van der Waals surface area contributed by atoms with Crippen LogP contribution < -0.4 is 5.73 Å². The van der Waals surface area contributed by atoms with E-state index in [1.807, 2.05) is 0 Å². The molecule has 3 atom stereocenters. The van der Waals surface area contributed by atoms with Gasteiger partial charge in [0.1, 0.15) is 0 Å². The van der Waals surface area contributed by atoms with Gasteiger partial charge in [-0.25, -0.2) is 0 Å². The fourth-order valence-corrected chi connectivity index (χ4v) is 2.35. The second-order valence-electron chi connectivity index (χ2n) is 4.99. The molecule has 0 aliphatic heterocycles. The fraction of sp³-hybridized carbons (Fsp3) is 0.818. The number of hydrogen-bond donors (Lipinski definition) is 1. The predicted octanol–water partition coefficient (Wildman–Crippen LogP) is 1.99. The van der Waals surface area contributed by atoms with Crippen molar-refractivity contribution in [2.24, 2.45) is 17.6 Å². The second-order valence-corrected chi connectivity index (χ2v) is 4.99. The number of rotatable bonds is 1. The summed E-state index contributed by atoms with van der Waals surface area (Å²) in [5, 5.41) is 3.96. The van der Waals surface area contributed by atoms with Gasteiger partial charge in [0.15, 0.2) is 5.82 Å². The molecule has 1 fully saturated rings. The molecule has 0 aromatic carbocycles. The van der Waals surface area contributed by atoms with E-state index in [9.17, 15) is 0 Å². The van der Waals surface area contributed by atoms with Crippen molar-refractivity contribution in [3.8, 4) is 0 Å². The lowest BCUT2D eigenvalue weighted by Crippen LogP contribution is -2.44. The number of aromatic nitrogens is 2. The summed E-state index contributed by atoms with van der Waals surface area (Å²) in [6.07, 6.45) is 3.05. The van der Waals surface area contributed by atoms with Gasteiger partial charge < -0.3 is 10.3 Å². The molecule has 4 nitrogen and oxygen atoms in total. The Morgan fingerprint density at radius 3 is 2.67 bits per heavy atom. The number of aryl methyl sites for hydroxylation is 1. The highest BCUT2D eigenvalue weighted by Crippen LogP contribution is 2.39. The predicted molar refractivity (Wildman–Crippen MR) is 57.1 cm³/mol. The molecule has 2 rings (SSSR count). The molecule has 0 bridgehead atoms. The van der Waals surface area contributed by atoms with E-state index in [0.29, 0.717) is 17.6 Å². The summed E-state index contributed by atoms with van der Waals surface area (Å²) in [6, 6.07) is 0. The normalized spacial score (nSPS) is 36.8. The van der Waals surface area contributed by atoms with Gasteiger partial charge in [0, 0.05) is 6.92 Å². The van der Waals surface area contributed by atoms with Crippen LogP contribution in [0.15, 0.2) is 4.52 Å². The summed E-state index contributed by atoms with van der Waals surface area (Å²) in [4.78, 5) is 4.26. The van der Waals surface area contributed by atoms with Gasteiger partial charge in [0.25, 0.3) is 0 Å². The minimum Gasteiger partial charge on any atom is -0.340 e. The molecule has 0 spiro atoms. The topological polar surface area (TPSA) is 64.9 Å². The van der Waals surface area contributed by atoms with Gasteiger partial charge in [-0.3, -0.25) is 0 Å². The largest absolute Gasteiger partial charge is 0.340 e. The third-order valence-electron chi connectivity index (χ3n) is 3.68. The Labute approximate surface area is 90.2 Å². The Bertz CT molecular complexity index is 349. The Hall–Kier alpha value is -0.900. The average molecular weight is 209 g/mol. The molecule has 84 valence electrons. The highest BCUT2D eigenvalue weighted by molar-refractivity contribution is 5.06. The zero-order valence-corrected chi connectivity index (χ0v) is 9.66. The van der Waals surface area contributed by atoms with E-state index in [1.165, 1.54) is 0 Å². The van der Waals surface area contributed by atoms with E-state index in [1.54, 1.807) is 6.92 Å². The standard InChI is InChI=1S/C11H19N3O/c1-7-4-5-11(12,6-8(7)2)10-13-9(3)15-14-10/h7-8H,4-6,12H2,1-3H3. The molecule has 3 unspecified atom stereocenters. The van der Waals surface area contributed by atoms with Crippen LogP contribution in [0.1, 0.15) is 44.8 Å². The molecule has 1 aromatic heterocycles. The van der Waals surface area contributed by atoms with Crippen LogP contribution in [0, 0.1) is 18.8 Å². The highest BCUT2D eigenvalue weighted by atomic mass is 16.5. The van der Waals surface area contributed by atoms with Gasteiger partial charge in [0.05, 0.1) is 5.54 Å². The van der Waals surface area contributed by atoms with Crippen molar-refractivity contribution in [2.75, 3.05) is 0 Å². The van der Waals surface area contributed by atoms with Gasteiger partial charge in [0.2, 0.25) is 5.89 Å². The van der Waals surface area contributed by atoms with Crippen molar-refractivity contribution in [1.29, 1.82) is 0 Å². The Morgan fingerprint density at radius 1 is 1.40 bits per heavy atom. The molecule has 0 radical (unpaired) electrons. The van der Waals surface area contributed by atoms with Crippen LogP contribution in [0.25, 0.3) is 0 Å². The maximum Gasteiger partial charge on any atom is 0.223 e. The van der Waals surface area contributed by atoms with Crippen molar-refractivity contribution in [3.05, 3.63) is 11.7 Å². The van der Waals surface area contributed by atoms with Gasteiger partial charge in [-0.05, 0) is 31.1 Å². The third kappa shape index (κ3) is 1.91. The summed E-state index contributed by atoms with van der Waals surface area (Å²) in [5.74, 6) is 2.65. The van der Waals surface area contributed by atoms with E-state index in [0.717, 1.165) is 25.2 Å². The summed E-state index contributed by atoms with van der Waals surface area (Å²) >= 11 is 0. The average Bonchev–Trinajstić information content (AvgIpc) is 2.60. The first-order valence-electron chi connectivity index (χ1n) is 5.61. The Balaban J connectivity index is 2.20. The fourth-order valence-electron chi connectivity index (χ4n) is 2.35. The molecule has 0 amide bonds. The molecule has 0 saturated heterocycles. The molecule has 1 aliphatic rings. The van der Waals surface area contributed by atoms with Gasteiger partial charge in [-0.1, -0.05) is 19.0 Å². The van der Waals surface area contributed by atoms with Gasteiger partial charge in [-0.2, -0.15) is 4.98 Å². The molecule has 1 saturated carbocycles. The van der Waals surface area contributed by atoms with E-state index < -0.39 is 0 Å². The number of nitrogens with zero attached hydrogens (tertiary/aromatic N) is 2. The van der Waals surface area contributed by atoms with Crippen LogP contribution >= 0.6 is 0 Å². The SMILES string of the molecule is Cc1nc(C2(N)CCC(C)C(C)C2)no1.